The van der Waals surface area contributed by atoms with Crippen LogP contribution in [0.1, 0.15) is 55.8 Å². The first-order chi connectivity index (χ1) is 15.7. The molecular weight excluding hydrogens is 445 g/mol. The van der Waals surface area contributed by atoms with Gasteiger partial charge in [0.2, 0.25) is 15.9 Å². The fourth-order valence-electron chi connectivity index (χ4n) is 4.16. The van der Waals surface area contributed by atoms with E-state index < -0.39 is 27.8 Å². The Hall–Kier alpha value is -2.94. The highest BCUT2D eigenvalue weighted by Crippen LogP contribution is 2.25. The summed E-state index contributed by atoms with van der Waals surface area (Å²) in [7, 11) is -3.85. The van der Waals surface area contributed by atoms with Crippen LogP contribution in [0.15, 0.2) is 48.5 Å². The number of para-hydroxylation sites is 1. The molecule has 2 amide bonds. The van der Waals surface area contributed by atoms with Crippen LogP contribution in [-0.4, -0.2) is 38.6 Å². The minimum atomic E-state index is -3.85. The van der Waals surface area contributed by atoms with Crippen molar-refractivity contribution >= 4 is 33.2 Å². The lowest BCUT2D eigenvalue weighted by molar-refractivity contribution is -0.117. The minimum Gasteiger partial charge on any atom is -0.349 e. The van der Waals surface area contributed by atoms with E-state index in [0.29, 0.717) is 11.3 Å². The van der Waals surface area contributed by atoms with Crippen LogP contribution < -0.4 is 14.9 Å². The van der Waals surface area contributed by atoms with Gasteiger partial charge >= 0.3 is 0 Å². The van der Waals surface area contributed by atoms with Crippen LogP contribution in [0.2, 0.25) is 0 Å². The van der Waals surface area contributed by atoms with Crippen molar-refractivity contribution in [3.05, 3.63) is 59.9 Å². The Bertz CT molecular complexity index is 1080. The molecule has 3 rings (SSSR count). The van der Waals surface area contributed by atoms with Crippen molar-refractivity contribution in [2.45, 2.75) is 57.5 Å². The maximum atomic E-state index is 13.4. The largest absolute Gasteiger partial charge is 0.349 e. The second kappa shape index (κ2) is 10.8. The topological polar surface area (TPSA) is 95.6 Å². The Morgan fingerprint density at radius 3 is 2.30 bits per heavy atom. The maximum Gasteiger partial charge on any atom is 0.253 e. The fraction of sp³-hybridized carbons (Fsp3) is 0.417. The number of amides is 2. The Morgan fingerprint density at radius 2 is 1.70 bits per heavy atom. The molecule has 1 saturated carbocycles. The second-order valence-electron chi connectivity index (χ2n) is 8.30. The summed E-state index contributed by atoms with van der Waals surface area (Å²) in [5, 5.41) is 5.77. The van der Waals surface area contributed by atoms with Crippen molar-refractivity contribution in [1.82, 2.24) is 5.32 Å². The van der Waals surface area contributed by atoms with E-state index in [2.05, 4.69) is 10.6 Å². The summed E-state index contributed by atoms with van der Waals surface area (Å²) in [4.78, 5) is 26.1. The third-order valence-electron chi connectivity index (χ3n) is 5.78. The van der Waals surface area contributed by atoms with E-state index in [9.17, 15) is 22.4 Å². The van der Waals surface area contributed by atoms with Gasteiger partial charge in [0.1, 0.15) is 11.9 Å². The lowest BCUT2D eigenvalue weighted by atomic mass is 9.95. The standard InChI is InChI=1S/C24H30FN3O4S/c1-3-22(28(33(2,31)32)19-15-13-17(25)14-16-19)24(30)27-21-12-8-7-11-20(21)23(29)26-18-9-5-4-6-10-18/h7-8,11-16,18,22H,3-6,9-10H2,1-2H3,(H,26,29)(H,27,30). The zero-order valence-electron chi connectivity index (χ0n) is 18.9. The highest BCUT2D eigenvalue weighted by Gasteiger charge is 2.32. The van der Waals surface area contributed by atoms with Crippen LogP contribution in [0.3, 0.4) is 0 Å². The molecule has 9 heteroatoms. The molecule has 1 atom stereocenters. The molecule has 33 heavy (non-hydrogen) atoms. The normalized spacial score (nSPS) is 15.5. The summed E-state index contributed by atoms with van der Waals surface area (Å²) in [6, 6.07) is 10.6. The quantitative estimate of drug-likeness (QED) is 0.602. The van der Waals surface area contributed by atoms with Gasteiger partial charge < -0.3 is 10.6 Å². The summed E-state index contributed by atoms with van der Waals surface area (Å²) >= 11 is 0. The third kappa shape index (κ3) is 6.31. The monoisotopic (exact) mass is 475 g/mol. The Labute approximate surface area is 194 Å². The molecule has 2 N–H and O–H groups in total. The van der Waals surface area contributed by atoms with Gasteiger partial charge in [0.15, 0.2) is 0 Å². The van der Waals surface area contributed by atoms with E-state index in [1.165, 1.54) is 18.6 Å². The number of carbonyl (C=O) groups excluding carboxylic acids is 2. The smallest absolute Gasteiger partial charge is 0.253 e. The van der Waals surface area contributed by atoms with Gasteiger partial charge in [-0.15, -0.1) is 0 Å². The number of nitrogens with zero attached hydrogens (tertiary/aromatic N) is 1. The van der Waals surface area contributed by atoms with Crippen molar-refractivity contribution in [3.63, 3.8) is 0 Å². The van der Waals surface area contributed by atoms with Gasteiger partial charge in [0.25, 0.3) is 5.91 Å². The summed E-state index contributed by atoms with van der Waals surface area (Å²) < 4.78 is 39.5. The number of hydrogen-bond acceptors (Lipinski definition) is 4. The van der Waals surface area contributed by atoms with E-state index >= 15 is 0 Å². The first kappa shape index (κ1) is 24.7. The molecule has 2 aromatic rings. The molecular formula is C24H30FN3O4S. The van der Waals surface area contributed by atoms with Crippen LogP contribution in [0.25, 0.3) is 0 Å². The van der Waals surface area contributed by atoms with E-state index in [4.69, 9.17) is 0 Å². The molecule has 0 radical (unpaired) electrons. The van der Waals surface area contributed by atoms with Crippen molar-refractivity contribution in [3.8, 4) is 0 Å². The van der Waals surface area contributed by atoms with Crippen LogP contribution in [0.5, 0.6) is 0 Å². The summed E-state index contributed by atoms with van der Waals surface area (Å²) in [5.41, 5.74) is 0.810. The molecule has 0 saturated heterocycles. The van der Waals surface area contributed by atoms with Gasteiger partial charge in [-0.3, -0.25) is 13.9 Å². The Kier molecular flexibility index (Phi) is 8.07. The van der Waals surface area contributed by atoms with E-state index in [1.54, 1.807) is 31.2 Å². The fourth-order valence-corrected chi connectivity index (χ4v) is 5.38. The number of carbonyl (C=O) groups is 2. The van der Waals surface area contributed by atoms with Gasteiger partial charge in [-0.25, -0.2) is 12.8 Å². The number of nitrogens with one attached hydrogen (secondary N) is 2. The number of benzene rings is 2. The maximum absolute atomic E-state index is 13.4. The van der Waals surface area contributed by atoms with E-state index in [1.807, 2.05) is 0 Å². The van der Waals surface area contributed by atoms with Gasteiger partial charge in [0.05, 0.1) is 23.2 Å². The van der Waals surface area contributed by atoms with Crippen molar-refractivity contribution in [1.29, 1.82) is 0 Å². The first-order valence-electron chi connectivity index (χ1n) is 11.2. The predicted molar refractivity (Wildman–Crippen MR) is 127 cm³/mol. The van der Waals surface area contributed by atoms with Crippen molar-refractivity contribution < 1.29 is 22.4 Å². The molecule has 0 spiro atoms. The van der Waals surface area contributed by atoms with Crippen molar-refractivity contribution in [2.75, 3.05) is 15.9 Å². The molecule has 178 valence electrons. The van der Waals surface area contributed by atoms with Gasteiger partial charge in [0, 0.05) is 6.04 Å². The van der Waals surface area contributed by atoms with Crippen LogP contribution in [0.4, 0.5) is 15.8 Å². The zero-order valence-corrected chi connectivity index (χ0v) is 19.7. The highest BCUT2D eigenvalue weighted by atomic mass is 32.2. The van der Waals surface area contributed by atoms with Crippen LogP contribution >= 0.6 is 0 Å². The molecule has 1 fully saturated rings. The molecule has 7 nitrogen and oxygen atoms in total. The highest BCUT2D eigenvalue weighted by molar-refractivity contribution is 7.92. The molecule has 0 bridgehead atoms. The molecule has 0 aromatic heterocycles. The van der Waals surface area contributed by atoms with Gasteiger partial charge in [-0.1, -0.05) is 38.3 Å². The van der Waals surface area contributed by atoms with Crippen LogP contribution in [0, 0.1) is 5.82 Å². The zero-order chi connectivity index (χ0) is 24.0. The molecule has 1 aliphatic carbocycles. The molecule has 0 aliphatic heterocycles. The number of rotatable bonds is 8. The molecule has 1 aliphatic rings. The predicted octanol–water partition coefficient (Wildman–Crippen LogP) is 4.07. The summed E-state index contributed by atoms with van der Waals surface area (Å²) in [6.45, 7) is 1.69. The van der Waals surface area contributed by atoms with Gasteiger partial charge in [-0.2, -0.15) is 0 Å². The van der Waals surface area contributed by atoms with Gasteiger partial charge in [-0.05, 0) is 55.7 Å². The lowest BCUT2D eigenvalue weighted by Crippen LogP contribution is -2.47. The summed E-state index contributed by atoms with van der Waals surface area (Å²) in [5.74, 6) is -1.36. The second-order valence-corrected chi connectivity index (χ2v) is 10.2. The van der Waals surface area contributed by atoms with E-state index in [-0.39, 0.29) is 24.1 Å². The first-order valence-corrected chi connectivity index (χ1v) is 13.0. The molecule has 1 unspecified atom stereocenters. The SMILES string of the molecule is CCC(C(=O)Nc1ccccc1C(=O)NC1CCCCC1)N(c1ccc(F)cc1)S(C)(=O)=O. The Balaban J connectivity index is 1.84. The Morgan fingerprint density at radius 1 is 1.06 bits per heavy atom. The number of hydrogen-bond donors (Lipinski definition) is 2. The number of halogens is 1. The average molecular weight is 476 g/mol. The van der Waals surface area contributed by atoms with Crippen molar-refractivity contribution in [2.24, 2.45) is 0 Å². The lowest BCUT2D eigenvalue weighted by Gasteiger charge is -2.30. The third-order valence-corrected chi connectivity index (χ3v) is 6.96. The molecule has 2 aromatic carbocycles. The number of sulfonamides is 1. The summed E-state index contributed by atoms with van der Waals surface area (Å²) in [6.07, 6.45) is 6.35. The van der Waals surface area contributed by atoms with Crippen LogP contribution in [-0.2, 0) is 14.8 Å². The van der Waals surface area contributed by atoms with E-state index in [0.717, 1.165) is 48.4 Å². The average Bonchev–Trinajstić information content (AvgIpc) is 2.78. The minimum absolute atomic E-state index is 0.109. The number of anilines is 2. The molecule has 0 heterocycles.